The first kappa shape index (κ1) is 27.2. The molecule has 0 bridgehead atoms. The van der Waals surface area contributed by atoms with Crippen LogP contribution in [0.5, 0.6) is 0 Å². The van der Waals surface area contributed by atoms with E-state index in [4.69, 9.17) is 10.1 Å². The molecule has 7 heteroatoms. The molecule has 0 aliphatic heterocycles. The number of carbonyl (C=O) groups excluding carboxylic acids is 1. The molecule has 0 fully saturated rings. The second-order valence-electron chi connectivity index (χ2n) is 10.1. The number of benzene rings is 3. The predicted molar refractivity (Wildman–Crippen MR) is 160 cm³/mol. The molecule has 5 nitrogen and oxygen atoms in total. The average molecular weight is 637 g/mol. The topological polar surface area (TPSA) is 79.3 Å². The van der Waals surface area contributed by atoms with Gasteiger partial charge in [-0.25, -0.2) is 9.37 Å². The van der Waals surface area contributed by atoms with Gasteiger partial charge in [-0.15, -0.1) is 0 Å². The molecule has 0 saturated carbocycles. The van der Waals surface area contributed by atoms with Crippen LogP contribution in [0.1, 0.15) is 70.8 Å². The van der Waals surface area contributed by atoms with Crippen LogP contribution in [0.2, 0.25) is 0 Å². The SMILES string of the molecule is O=C(O)CCCCc1cc2cc(C(=O)N[C@@H]3CCCc4cc(CI)ccc43)ccc2nc1-c1ccc(F)cc1. The number of carboxylic acids is 1. The lowest BCUT2D eigenvalue weighted by molar-refractivity contribution is -0.137. The van der Waals surface area contributed by atoms with E-state index < -0.39 is 5.97 Å². The summed E-state index contributed by atoms with van der Waals surface area (Å²) < 4.78 is 14.5. The molecule has 200 valence electrons. The highest BCUT2D eigenvalue weighted by Gasteiger charge is 2.23. The van der Waals surface area contributed by atoms with Crippen molar-refractivity contribution in [2.75, 3.05) is 0 Å². The number of aryl methyl sites for hydroxylation is 2. The van der Waals surface area contributed by atoms with Crippen LogP contribution in [-0.2, 0) is 22.1 Å². The van der Waals surface area contributed by atoms with Crippen molar-refractivity contribution in [2.24, 2.45) is 0 Å². The molecule has 0 spiro atoms. The first-order valence-corrected chi connectivity index (χ1v) is 14.8. The van der Waals surface area contributed by atoms with E-state index in [9.17, 15) is 14.0 Å². The van der Waals surface area contributed by atoms with Gasteiger partial charge < -0.3 is 10.4 Å². The third-order valence-corrected chi connectivity index (χ3v) is 8.22. The molecule has 3 aromatic carbocycles. The molecule has 0 radical (unpaired) electrons. The van der Waals surface area contributed by atoms with Gasteiger partial charge in [-0.2, -0.15) is 0 Å². The Morgan fingerprint density at radius 2 is 1.85 bits per heavy atom. The Labute approximate surface area is 241 Å². The number of fused-ring (bicyclic) bond motifs is 2. The highest BCUT2D eigenvalue weighted by molar-refractivity contribution is 14.1. The summed E-state index contributed by atoms with van der Waals surface area (Å²) in [6.07, 6.45) is 4.99. The molecule has 1 amide bonds. The smallest absolute Gasteiger partial charge is 0.303 e. The summed E-state index contributed by atoms with van der Waals surface area (Å²) in [6, 6.07) is 20.3. The fourth-order valence-corrected chi connectivity index (χ4v) is 5.82. The molecule has 1 heterocycles. The Kier molecular flexibility index (Phi) is 8.55. The van der Waals surface area contributed by atoms with Gasteiger partial charge in [0.2, 0.25) is 0 Å². The normalized spacial score (nSPS) is 14.7. The van der Waals surface area contributed by atoms with Crippen molar-refractivity contribution >= 4 is 45.4 Å². The fraction of sp³-hybridized carbons (Fsp3) is 0.281. The largest absolute Gasteiger partial charge is 0.481 e. The van der Waals surface area contributed by atoms with Crippen LogP contribution in [0, 0.1) is 5.82 Å². The molecule has 0 unspecified atom stereocenters. The number of amides is 1. The van der Waals surface area contributed by atoms with Crippen molar-refractivity contribution in [1.29, 1.82) is 0 Å². The molecule has 1 aliphatic carbocycles. The maximum absolute atomic E-state index is 13.6. The number of pyridine rings is 1. The van der Waals surface area contributed by atoms with Crippen LogP contribution in [0.15, 0.2) is 66.7 Å². The van der Waals surface area contributed by atoms with E-state index in [1.807, 2.05) is 18.2 Å². The fourth-order valence-electron chi connectivity index (χ4n) is 5.34. The summed E-state index contributed by atoms with van der Waals surface area (Å²) in [5.41, 5.74) is 7.66. The zero-order chi connectivity index (χ0) is 27.4. The van der Waals surface area contributed by atoms with Crippen LogP contribution in [0.3, 0.4) is 0 Å². The Morgan fingerprint density at radius 1 is 1.03 bits per heavy atom. The van der Waals surface area contributed by atoms with E-state index in [1.165, 1.54) is 28.8 Å². The van der Waals surface area contributed by atoms with Crippen LogP contribution in [0.25, 0.3) is 22.2 Å². The third-order valence-electron chi connectivity index (χ3n) is 7.34. The minimum atomic E-state index is -0.813. The van der Waals surface area contributed by atoms with Crippen LogP contribution < -0.4 is 5.32 Å². The Hall–Kier alpha value is -3.33. The van der Waals surface area contributed by atoms with Gasteiger partial charge in [-0.1, -0.05) is 40.8 Å². The highest BCUT2D eigenvalue weighted by Crippen LogP contribution is 2.32. The average Bonchev–Trinajstić information content (AvgIpc) is 2.94. The number of hydrogen-bond donors (Lipinski definition) is 2. The van der Waals surface area contributed by atoms with Crippen LogP contribution >= 0.6 is 22.6 Å². The molecule has 2 N–H and O–H groups in total. The van der Waals surface area contributed by atoms with Crippen molar-refractivity contribution in [3.8, 4) is 11.3 Å². The maximum atomic E-state index is 13.6. The first-order chi connectivity index (χ1) is 18.9. The second-order valence-corrected chi connectivity index (χ2v) is 10.9. The number of carbonyl (C=O) groups is 2. The van der Waals surface area contributed by atoms with Crippen molar-refractivity contribution in [2.45, 2.75) is 55.4 Å². The van der Waals surface area contributed by atoms with Crippen molar-refractivity contribution in [3.63, 3.8) is 0 Å². The predicted octanol–water partition coefficient (Wildman–Crippen LogP) is 7.58. The van der Waals surface area contributed by atoms with E-state index in [2.05, 4.69) is 46.1 Å². The van der Waals surface area contributed by atoms with Gasteiger partial charge >= 0.3 is 5.97 Å². The number of aliphatic carboxylic acids is 1. The number of unbranched alkanes of at least 4 members (excludes halogenated alkanes) is 1. The third kappa shape index (κ3) is 6.46. The quantitative estimate of drug-likeness (QED) is 0.113. The number of hydrogen-bond acceptors (Lipinski definition) is 3. The zero-order valence-electron chi connectivity index (χ0n) is 21.6. The van der Waals surface area contributed by atoms with Crippen molar-refractivity contribution < 1.29 is 19.1 Å². The molecular weight excluding hydrogens is 606 g/mol. The number of halogens is 2. The Morgan fingerprint density at radius 3 is 2.62 bits per heavy atom. The molecule has 39 heavy (non-hydrogen) atoms. The minimum Gasteiger partial charge on any atom is -0.481 e. The monoisotopic (exact) mass is 636 g/mol. The lowest BCUT2D eigenvalue weighted by Gasteiger charge is -2.27. The van der Waals surface area contributed by atoms with E-state index in [0.29, 0.717) is 24.8 Å². The Bertz CT molecular complexity index is 1520. The van der Waals surface area contributed by atoms with E-state index in [0.717, 1.165) is 51.4 Å². The van der Waals surface area contributed by atoms with Gasteiger partial charge in [0, 0.05) is 27.4 Å². The summed E-state index contributed by atoms with van der Waals surface area (Å²) >= 11 is 2.37. The molecule has 5 rings (SSSR count). The second kappa shape index (κ2) is 12.2. The van der Waals surface area contributed by atoms with Crippen LogP contribution in [0.4, 0.5) is 4.39 Å². The minimum absolute atomic E-state index is 0.0102. The summed E-state index contributed by atoms with van der Waals surface area (Å²) in [5.74, 6) is -1.24. The number of nitrogens with one attached hydrogen (secondary N) is 1. The number of rotatable bonds is 9. The summed E-state index contributed by atoms with van der Waals surface area (Å²) in [6.45, 7) is 0. The summed E-state index contributed by atoms with van der Waals surface area (Å²) in [4.78, 5) is 29.2. The summed E-state index contributed by atoms with van der Waals surface area (Å²) in [5, 5.41) is 13.1. The lowest BCUT2D eigenvalue weighted by Crippen LogP contribution is -2.31. The van der Waals surface area contributed by atoms with E-state index in [-0.39, 0.29) is 24.2 Å². The van der Waals surface area contributed by atoms with Gasteiger partial charge in [-0.3, -0.25) is 9.59 Å². The van der Waals surface area contributed by atoms with E-state index >= 15 is 0 Å². The van der Waals surface area contributed by atoms with Crippen LogP contribution in [-0.4, -0.2) is 22.0 Å². The zero-order valence-corrected chi connectivity index (χ0v) is 23.7. The number of nitrogens with zero attached hydrogens (tertiary/aromatic N) is 1. The maximum Gasteiger partial charge on any atom is 0.303 e. The molecule has 1 aliphatic rings. The molecule has 4 aromatic rings. The lowest BCUT2D eigenvalue weighted by atomic mass is 9.86. The van der Waals surface area contributed by atoms with E-state index in [1.54, 1.807) is 18.2 Å². The highest BCUT2D eigenvalue weighted by atomic mass is 127. The van der Waals surface area contributed by atoms with Gasteiger partial charge in [0.05, 0.1) is 17.3 Å². The van der Waals surface area contributed by atoms with Gasteiger partial charge in [0.25, 0.3) is 5.91 Å². The molecule has 1 atom stereocenters. The van der Waals surface area contributed by atoms with Crippen molar-refractivity contribution in [3.05, 3.63) is 100 Å². The molecule has 0 saturated heterocycles. The van der Waals surface area contributed by atoms with Gasteiger partial charge in [0.1, 0.15) is 5.82 Å². The van der Waals surface area contributed by atoms with Gasteiger partial charge in [0.15, 0.2) is 0 Å². The first-order valence-electron chi connectivity index (χ1n) is 13.3. The number of aromatic nitrogens is 1. The molecule has 1 aromatic heterocycles. The van der Waals surface area contributed by atoms with Gasteiger partial charge in [-0.05, 0) is 109 Å². The summed E-state index contributed by atoms with van der Waals surface area (Å²) in [7, 11) is 0. The van der Waals surface area contributed by atoms with Crippen molar-refractivity contribution in [1.82, 2.24) is 10.3 Å². The number of carboxylic acid groups (broad SMARTS) is 1. The standard InChI is InChI=1S/C32H30FIN2O3/c33-26-12-9-21(10-13-26)31-23(4-1-2-7-30(37)38)17-25-18-24(11-15-28(25)35-31)32(39)36-29-6-3-5-22-16-20(19-34)8-14-27(22)29/h8-18,29H,1-7,19H2,(H,36,39)(H,37,38)/t29-/m1/s1. The Balaban J connectivity index is 1.42. The number of alkyl halides is 1. The molecular formula is C32H30FIN2O3.